The molecule has 0 heterocycles. The van der Waals surface area contributed by atoms with Crippen molar-refractivity contribution in [1.82, 2.24) is 0 Å². The van der Waals surface area contributed by atoms with E-state index in [1.807, 2.05) is 55.2 Å². The first kappa shape index (κ1) is 12.3. The Morgan fingerprint density at radius 1 is 1.25 bits per heavy atom. The monoisotopic (exact) mass is 218 g/mol. The van der Waals surface area contributed by atoms with Crippen LogP contribution in [0, 0.1) is 0 Å². The fourth-order valence-electron chi connectivity index (χ4n) is 1.55. The lowest BCUT2D eigenvalue weighted by atomic mass is 10.2. The Kier molecular flexibility index (Phi) is 4.11. The number of rotatable bonds is 5. The lowest BCUT2D eigenvalue weighted by Gasteiger charge is -2.24. The third kappa shape index (κ3) is 2.86. The van der Waals surface area contributed by atoms with E-state index in [9.17, 15) is 4.79 Å². The van der Waals surface area contributed by atoms with E-state index in [-0.39, 0.29) is 5.78 Å². The van der Waals surface area contributed by atoms with E-state index in [1.165, 1.54) is 6.08 Å². The molecule has 0 aromatic heterocycles. The fourth-order valence-corrected chi connectivity index (χ4v) is 1.55. The van der Waals surface area contributed by atoms with E-state index in [4.69, 9.17) is 0 Å². The molecule has 0 radical (unpaired) electrons. The number of benzene rings is 1. The van der Waals surface area contributed by atoms with Crippen molar-refractivity contribution < 1.29 is 4.79 Å². The summed E-state index contributed by atoms with van der Waals surface area (Å²) in [4.78, 5) is 15.3. The number of hydrogen-bond donors (Lipinski definition) is 0. The molecule has 0 aliphatic rings. The lowest BCUT2D eigenvalue weighted by Crippen LogP contribution is -2.26. The zero-order valence-corrected chi connectivity index (χ0v) is 10.1. The predicted molar refractivity (Wildman–Crippen MR) is 69.2 cm³/mol. The maximum Gasteiger partial charge on any atom is 0.174 e. The highest BCUT2D eigenvalue weighted by molar-refractivity contribution is 5.93. The normalized spacial score (nSPS) is 9.69. The molecule has 0 saturated carbocycles. The smallest absolute Gasteiger partial charge is 0.174 e. The van der Waals surface area contributed by atoms with Crippen LogP contribution in [0.25, 0.3) is 0 Å². The first-order valence-electron chi connectivity index (χ1n) is 5.19. The molecule has 0 amide bonds. The average molecular weight is 218 g/mol. The van der Waals surface area contributed by atoms with Crippen LogP contribution in [0.5, 0.6) is 0 Å². The van der Waals surface area contributed by atoms with Crippen molar-refractivity contribution in [2.45, 2.75) is 0 Å². The molecule has 0 spiro atoms. The Morgan fingerprint density at radius 2 is 1.81 bits per heavy atom. The molecule has 1 aromatic carbocycles. The summed E-state index contributed by atoms with van der Waals surface area (Å²) in [7, 11) is 5.88. The van der Waals surface area contributed by atoms with Gasteiger partial charge in [-0.05, 0) is 18.2 Å². The Bertz CT molecular complexity index is 385. The summed E-state index contributed by atoms with van der Waals surface area (Å²) in [6.07, 6.45) is 1.36. The van der Waals surface area contributed by atoms with Gasteiger partial charge in [0.25, 0.3) is 0 Å². The van der Waals surface area contributed by atoms with Gasteiger partial charge in [-0.2, -0.15) is 0 Å². The highest BCUT2D eigenvalue weighted by atomic mass is 16.1. The summed E-state index contributed by atoms with van der Waals surface area (Å²) in [5, 5.41) is 0. The number of likely N-dealkylation sites (N-methyl/N-ethyl adjacent to an activating group) is 1. The first-order valence-corrected chi connectivity index (χ1v) is 5.19. The van der Waals surface area contributed by atoms with Crippen LogP contribution in [0.15, 0.2) is 36.9 Å². The molecule has 3 heteroatoms. The topological polar surface area (TPSA) is 23.6 Å². The zero-order chi connectivity index (χ0) is 12.1. The van der Waals surface area contributed by atoms with Gasteiger partial charge in [0.1, 0.15) is 0 Å². The number of nitrogens with zero attached hydrogens (tertiary/aromatic N) is 2. The molecule has 0 unspecified atom stereocenters. The van der Waals surface area contributed by atoms with Gasteiger partial charge in [-0.15, -0.1) is 0 Å². The molecule has 0 N–H and O–H groups in total. The summed E-state index contributed by atoms with van der Waals surface area (Å²) in [5.74, 6) is 0.0241. The zero-order valence-electron chi connectivity index (χ0n) is 10.1. The van der Waals surface area contributed by atoms with Crippen molar-refractivity contribution in [3.8, 4) is 0 Å². The summed E-state index contributed by atoms with van der Waals surface area (Å²) in [6.45, 7) is 3.83. The van der Waals surface area contributed by atoms with E-state index in [1.54, 1.807) is 0 Å². The Labute approximate surface area is 97.0 Å². The number of anilines is 2. The van der Waals surface area contributed by atoms with Crippen molar-refractivity contribution in [2.24, 2.45) is 0 Å². The molecule has 0 saturated heterocycles. The standard InChI is InChI=1S/C13H18N2O/c1-5-11(16)10-15(4)13-9-7-6-8-12(13)14(2)3/h5-9H,1,10H2,2-4H3. The molecule has 1 rings (SSSR count). The van der Waals surface area contributed by atoms with Gasteiger partial charge >= 0.3 is 0 Å². The molecule has 3 nitrogen and oxygen atoms in total. The molecular weight excluding hydrogens is 200 g/mol. The molecule has 0 bridgehead atoms. The first-order chi connectivity index (χ1) is 7.56. The van der Waals surface area contributed by atoms with E-state index in [2.05, 4.69) is 6.58 Å². The number of carbonyl (C=O) groups excluding carboxylic acids is 1. The summed E-state index contributed by atoms with van der Waals surface area (Å²) in [6, 6.07) is 8.00. The largest absolute Gasteiger partial charge is 0.376 e. The van der Waals surface area contributed by atoms with Crippen LogP contribution in [0.4, 0.5) is 11.4 Å². The Balaban J connectivity index is 2.94. The summed E-state index contributed by atoms with van der Waals surface area (Å²) in [5.41, 5.74) is 2.14. The van der Waals surface area contributed by atoms with Crippen LogP contribution in [-0.2, 0) is 4.79 Å². The second kappa shape index (κ2) is 5.35. The third-order valence-electron chi connectivity index (χ3n) is 2.40. The van der Waals surface area contributed by atoms with Gasteiger partial charge < -0.3 is 9.80 Å². The number of hydrogen-bond acceptors (Lipinski definition) is 3. The van der Waals surface area contributed by atoms with Gasteiger partial charge in [-0.1, -0.05) is 18.7 Å². The van der Waals surface area contributed by atoms with Crippen molar-refractivity contribution >= 4 is 17.2 Å². The predicted octanol–water partition coefficient (Wildman–Crippen LogP) is 1.94. The fraction of sp³-hybridized carbons (Fsp3) is 0.308. The molecule has 86 valence electrons. The van der Waals surface area contributed by atoms with Gasteiger partial charge in [0, 0.05) is 21.1 Å². The maximum atomic E-state index is 11.3. The number of ketones is 1. The second-order valence-electron chi connectivity index (χ2n) is 3.91. The van der Waals surface area contributed by atoms with E-state index in [0.29, 0.717) is 6.54 Å². The van der Waals surface area contributed by atoms with Crippen molar-refractivity contribution in [3.05, 3.63) is 36.9 Å². The van der Waals surface area contributed by atoms with Gasteiger partial charge in [0.2, 0.25) is 0 Å². The molecule has 0 aliphatic carbocycles. The third-order valence-corrected chi connectivity index (χ3v) is 2.40. The van der Waals surface area contributed by atoms with Crippen LogP contribution in [0.3, 0.4) is 0 Å². The molecule has 0 atom stereocenters. The second-order valence-corrected chi connectivity index (χ2v) is 3.91. The van der Waals surface area contributed by atoms with Gasteiger partial charge in [0.15, 0.2) is 5.78 Å². The highest BCUT2D eigenvalue weighted by Crippen LogP contribution is 2.26. The van der Waals surface area contributed by atoms with Crippen molar-refractivity contribution in [3.63, 3.8) is 0 Å². The lowest BCUT2D eigenvalue weighted by molar-refractivity contribution is -0.113. The average Bonchev–Trinajstić information content (AvgIpc) is 2.28. The summed E-state index contributed by atoms with van der Waals surface area (Å²) < 4.78 is 0. The Morgan fingerprint density at radius 3 is 2.31 bits per heavy atom. The number of para-hydroxylation sites is 2. The number of carbonyl (C=O) groups is 1. The molecule has 1 aromatic rings. The van der Waals surface area contributed by atoms with Crippen LogP contribution < -0.4 is 9.80 Å². The highest BCUT2D eigenvalue weighted by Gasteiger charge is 2.09. The minimum absolute atomic E-state index is 0.0241. The van der Waals surface area contributed by atoms with E-state index in [0.717, 1.165) is 11.4 Å². The van der Waals surface area contributed by atoms with Gasteiger partial charge in [-0.25, -0.2) is 0 Å². The molecule has 0 aliphatic heterocycles. The van der Waals surface area contributed by atoms with E-state index < -0.39 is 0 Å². The van der Waals surface area contributed by atoms with Crippen LogP contribution in [-0.4, -0.2) is 33.5 Å². The minimum atomic E-state index is 0.0241. The maximum absolute atomic E-state index is 11.3. The van der Waals surface area contributed by atoms with Crippen molar-refractivity contribution in [1.29, 1.82) is 0 Å². The quantitative estimate of drug-likeness (QED) is 0.706. The van der Waals surface area contributed by atoms with Gasteiger partial charge in [0.05, 0.1) is 17.9 Å². The molecule has 0 fully saturated rings. The SMILES string of the molecule is C=CC(=O)CN(C)c1ccccc1N(C)C. The van der Waals surface area contributed by atoms with Crippen molar-refractivity contribution in [2.75, 3.05) is 37.5 Å². The van der Waals surface area contributed by atoms with Crippen LogP contribution in [0.1, 0.15) is 0 Å². The molecular formula is C13H18N2O. The van der Waals surface area contributed by atoms with Crippen LogP contribution in [0.2, 0.25) is 0 Å². The Hall–Kier alpha value is -1.77. The van der Waals surface area contributed by atoms with Crippen LogP contribution >= 0.6 is 0 Å². The van der Waals surface area contributed by atoms with E-state index >= 15 is 0 Å². The summed E-state index contributed by atoms with van der Waals surface area (Å²) >= 11 is 0. The molecule has 16 heavy (non-hydrogen) atoms. The minimum Gasteiger partial charge on any atom is -0.376 e. The van der Waals surface area contributed by atoms with Gasteiger partial charge in [-0.3, -0.25) is 4.79 Å².